The van der Waals surface area contributed by atoms with Crippen LogP contribution >= 0.6 is 0 Å². The van der Waals surface area contributed by atoms with Gasteiger partial charge in [-0.2, -0.15) is 0 Å². The van der Waals surface area contributed by atoms with Crippen LogP contribution in [0.5, 0.6) is 0 Å². The summed E-state index contributed by atoms with van der Waals surface area (Å²) < 4.78 is 0. The average molecular weight is 557 g/mol. The molecule has 0 aliphatic carbocycles. The van der Waals surface area contributed by atoms with Crippen molar-refractivity contribution in [2.45, 2.75) is 12.1 Å². The van der Waals surface area contributed by atoms with E-state index in [0.717, 1.165) is 6.54 Å². The van der Waals surface area contributed by atoms with E-state index in [1.807, 2.05) is 0 Å². The Morgan fingerprint density at radius 3 is 1.57 bits per heavy atom. The first-order chi connectivity index (χ1) is 20.8. The smallest absolute Gasteiger partial charge is 0.179 e. The van der Waals surface area contributed by atoms with Gasteiger partial charge in [-0.25, -0.2) is 0 Å². The van der Waals surface area contributed by atoms with Crippen LogP contribution in [-0.2, 0) is 0 Å². The molecule has 0 bridgehead atoms. The van der Waals surface area contributed by atoms with Crippen molar-refractivity contribution in [1.29, 1.82) is 0 Å². The van der Waals surface area contributed by atoms with E-state index in [0.29, 0.717) is 12.1 Å². The van der Waals surface area contributed by atoms with Crippen molar-refractivity contribution >= 4 is 40.2 Å². The Labute approximate surface area is 248 Å². The maximum atomic E-state index is 3.72. The predicted molar refractivity (Wildman–Crippen MR) is 179 cm³/mol. The van der Waals surface area contributed by atoms with Gasteiger partial charge in [0.1, 0.15) is 0 Å². The average Bonchev–Trinajstić information content (AvgIpc) is 3.28. The highest BCUT2D eigenvalue weighted by atomic mass is 28.3. The van der Waals surface area contributed by atoms with Gasteiger partial charge in [0.05, 0.1) is 6.17 Å². The van der Waals surface area contributed by atoms with Crippen LogP contribution in [0.1, 0.15) is 11.5 Å². The lowest BCUT2D eigenvalue weighted by molar-refractivity contribution is 0.338. The van der Waals surface area contributed by atoms with Crippen molar-refractivity contribution in [3.05, 3.63) is 169 Å². The Hall–Kier alpha value is -4.70. The van der Waals surface area contributed by atoms with Crippen molar-refractivity contribution in [3.63, 3.8) is 0 Å². The molecule has 2 heterocycles. The third kappa shape index (κ3) is 3.89. The molecule has 202 valence electrons. The molecule has 2 aliphatic rings. The van der Waals surface area contributed by atoms with Crippen LogP contribution in [0, 0.1) is 0 Å². The molecule has 2 unspecified atom stereocenters. The Balaban J connectivity index is 1.38. The van der Waals surface area contributed by atoms with E-state index < -0.39 is 8.07 Å². The quantitative estimate of drug-likeness (QED) is 0.203. The Morgan fingerprint density at radius 2 is 1.00 bits per heavy atom. The molecule has 2 atom stereocenters. The third-order valence-electron chi connectivity index (χ3n) is 9.20. The zero-order valence-electron chi connectivity index (χ0n) is 23.4. The van der Waals surface area contributed by atoms with E-state index in [1.54, 1.807) is 0 Å². The summed E-state index contributed by atoms with van der Waals surface area (Å²) in [6.07, 6.45) is 0.312. The molecule has 0 saturated carbocycles. The molecule has 1 fully saturated rings. The van der Waals surface area contributed by atoms with E-state index in [9.17, 15) is 0 Å². The molecule has 1 saturated heterocycles. The highest BCUT2D eigenvalue weighted by molar-refractivity contribution is 7.19. The summed E-state index contributed by atoms with van der Waals surface area (Å²) in [7, 11) is -2.67. The van der Waals surface area contributed by atoms with Crippen molar-refractivity contribution in [2.75, 3.05) is 11.4 Å². The van der Waals surface area contributed by atoms with Gasteiger partial charge in [-0.05, 0) is 55.6 Å². The maximum Gasteiger partial charge on any atom is 0.179 e. The lowest BCUT2D eigenvalue weighted by Crippen LogP contribution is -2.74. The molecular formula is C39H32N2Si. The van der Waals surface area contributed by atoms with Crippen LogP contribution < -0.4 is 31.0 Å². The molecule has 2 aliphatic heterocycles. The van der Waals surface area contributed by atoms with Gasteiger partial charge in [0, 0.05) is 23.8 Å². The van der Waals surface area contributed by atoms with E-state index >= 15 is 0 Å². The number of nitrogens with zero attached hydrogens (tertiary/aromatic N) is 1. The van der Waals surface area contributed by atoms with E-state index in [4.69, 9.17) is 0 Å². The number of rotatable bonds is 6. The van der Waals surface area contributed by atoms with Crippen LogP contribution in [0.15, 0.2) is 164 Å². The fourth-order valence-electron chi connectivity index (χ4n) is 7.15. The minimum atomic E-state index is -2.67. The monoisotopic (exact) mass is 556 g/mol. The van der Waals surface area contributed by atoms with Crippen molar-refractivity contribution in [3.8, 4) is 11.1 Å². The van der Waals surface area contributed by atoms with Gasteiger partial charge in [0.25, 0.3) is 0 Å². The second-order valence-corrected chi connectivity index (χ2v) is 15.2. The first kappa shape index (κ1) is 25.0. The zero-order chi connectivity index (χ0) is 27.9. The summed E-state index contributed by atoms with van der Waals surface area (Å²) in [5.41, 5.74) is 6.53. The van der Waals surface area contributed by atoms with Gasteiger partial charge < -0.3 is 4.90 Å². The standard InChI is InChI=1S/C39H32N2Si/c1-5-13-29(14-6-1)30-21-23-34(24-22-30)42(32-17-9-3-10-18-32,33-19-11-4-12-20-33)35-25-26-36-37-28-40-39(37)41(38(36)27-35)31-15-7-2-8-16-31/h1-27,37,39-40H,28H2. The molecule has 3 heteroatoms. The highest BCUT2D eigenvalue weighted by Crippen LogP contribution is 2.47. The zero-order valence-corrected chi connectivity index (χ0v) is 24.4. The van der Waals surface area contributed by atoms with E-state index in [2.05, 4.69) is 174 Å². The van der Waals surface area contributed by atoms with Gasteiger partial charge in [0.2, 0.25) is 0 Å². The minimum absolute atomic E-state index is 0.312. The molecular weight excluding hydrogens is 525 g/mol. The summed E-state index contributed by atoms with van der Waals surface area (Å²) in [6.45, 7) is 1.03. The number of hydrogen-bond donors (Lipinski definition) is 1. The maximum absolute atomic E-state index is 3.72. The number of fused-ring (bicyclic) bond motifs is 3. The first-order valence-electron chi connectivity index (χ1n) is 14.8. The number of hydrogen-bond acceptors (Lipinski definition) is 2. The fraction of sp³-hybridized carbons (Fsp3) is 0.0769. The van der Waals surface area contributed by atoms with Gasteiger partial charge in [0.15, 0.2) is 8.07 Å². The number of anilines is 2. The number of benzene rings is 6. The second-order valence-electron chi connectivity index (χ2n) is 11.4. The predicted octanol–water partition coefficient (Wildman–Crippen LogP) is 5.90. The van der Waals surface area contributed by atoms with Crippen LogP contribution in [0.2, 0.25) is 0 Å². The molecule has 42 heavy (non-hydrogen) atoms. The molecule has 0 spiro atoms. The number of nitrogens with one attached hydrogen (secondary N) is 1. The van der Waals surface area contributed by atoms with Gasteiger partial charge in [-0.15, -0.1) is 0 Å². The lowest BCUT2D eigenvalue weighted by atomic mass is 9.93. The highest BCUT2D eigenvalue weighted by Gasteiger charge is 2.47. The van der Waals surface area contributed by atoms with Crippen LogP contribution in [0.25, 0.3) is 11.1 Å². The molecule has 6 aromatic rings. The Bertz CT molecular complexity index is 1780. The van der Waals surface area contributed by atoms with Gasteiger partial charge >= 0.3 is 0 Å². The first-order valence-corrected chi connectivity index (χ1v) is 16.8. The molecule has 0 amide bonds. The summed E-state index contributed by atoms with van der Waals surface area (Å²) in [6, 6.07) is 60.8. The summed E-state index contributed by atoms with van der Waals surface area (Å²) in [5, 5.41) is 9.31. The molecule has 8 rings (SSSR count). The van der Waals surface area contributed by atoms with Crippen molar-refractivity contribution in [1.82, 2.24) is 5.32 Å². The summed E-state index contributed by atoms with van der Waals surface area (Å²) >= 11 is 0. The minimum Gasteiger partial charge on any atom is -0.324 e. The third-order valence-corrected chi connectivity index (χ3v) is 14.0. The molecule has 0 aromatic heterocycles. The topological polar surface area (TPSA) is 15.3 Å². The van der Waals surface area contributed by atoms with Crippen molar-refractivity contribution in [2.24, 2.45) is 0 Å². The normalized spacial score (nSPS) is 17.3. The summed E-state index contributed by atoms with van der Waals surface area (Å²) in [4.78, 5) is 2.53. The lowest BCUT2D eigenvalue weighted by Gasteiger charge is -2.39. The van der Waals surface area contributed by atoms with Gasteiger partial charge in [-0.1, -0.05) is 146 Å². The SMILES string of the molecule is c1ccc(-c2ccc([Si](c3ccccc3)(c3ccccc3)c3ccc4c(c3)N(c3ccccc3)C3NCC43)cc2)cc1. The van der Waals surface area contributed by atoms with E-state index in [-0.39, 0.29) is 0 Å². The van der Waals surface area contributed by atoms with Gasteiger partial charge in [-0.3, -0.25) is 5.32 Å². The molecule has 6 aromatic carbocycles. The van der Waals surface area contributed by atoms with E-state index in [1.165, 1.54) is 48.8 Å². The molecule has 2 nitrogen and oxygen atoms in total. The summed E-state index contributed by atoms with van der Waals surface area (Å²) in [5.74, 6) is 0.518. The van der Waals surface area contributed by atoms with Crippen LogP contribution in [0.3, 0.4) is 0 Å². The largest absolute Gasteiger partial charge is 0.324 e. The molecule has 0 radical (unpaired) electrons. The molecule has 1 N–H and O–H groups in total. The second kappa shape index (κ2) is 10.3. The number of para-hydroxylation sites is 1. The Morgan fingerprint density at radius 1 is 0.500 bits per heavy atom. The van der Waals surface area contributed by atoms with Crippen molar-refractivity contribution < 1.29 is 0 Å². The van der Waals surface area contributed by atoms with Crippen LogP contribution in [0.4, 0.5) is 11.4 Å². The fourth-order valence-corrected chi connectivity index (χ4v) is 11.9. The van der Waals surface area contributed by atoms with Crippen LogP contribution in [-0.4, -0.2) is 20.8 Å². The Kier molecular flexibility index (Phi) is 6.13.